The van der Waals surface area contributed by atoms with Gasteiger partial charge in [0.05, 0.1) is 10.4 Å². The molecule has 0 fully saturated rings. The number of carbonyl (C=O) groups excluding carboxylic acids is 1. The Balaban J connectivity index is 1.89. The lowest BCUT2D eigenvalue weighted by atomic mass is 10.1. The van der Waals surface area contributed by atoms with Gasteiger partial charge in [0.25, 0.3) is 0 Å². The van der Waals surface area contributed by atoms with Gasteiger partial charge in [0.1, 0.15) is 29.1 Å². The van der Waals surface area contributed by atoms with Crippen LogP contribution in [-0.2, 0) is 11.3 Å². The van der Waals surface area contributed by atoms with Crippen molar-refractivity contribution in [1.82, 2.24) is 19.9 Å². The molecule has 2 heterocycles. The van der Waals surface area contributed by atoms with Crippen LogP contribution in [0.5, 0.6) is 5.75 Å². The third kappa shape index (κ3) is 4.28. The van der Waals surface area contributed by atoms with Crippen LogP contribution in [0.25, 0.3) is 22.2 Å². The summed E-state index contributed by atoms with van der Waals surface area (Å²) in [5, 5.41) is 13.6. The molecule has 2 aromatic heterocycles. The first-order chi connectivity index (χ1) is 13.2. The number of rotatable bonds is 4. The van der Waals surface area contributed by atoms with Crippen LogP contribution in [0.15, 0.2) is 30.7 Å². The SMILES string of the molecule is CC(C)(C)OC(=O)NCCn1cc(-c2ccc(Cl)c(O)c2)c2c(N)ncnc21. The van der Waals surface area contributed by atoms with Gasteiger partial charge in [-0.25, -0.2) is 14.8 Å². The number of phenols is 1. The van der Waals surface area contributed by atoms with Crippen LogP contribution in [0.4, 0.5) is 10.6 Å². The Morgan fingerprint density at radius 1 is 1.36 bits per heavy atom. The molecular formula is C19H22ClN5O3. The lowest BCUT2D eigenvalue weighted by molar-refractivity contribution is 0.0526. The van der Waals surface area contributed by atoms with Crippen molar-refractivity contribution in [3.8, 4) is 16.9 Å². The van der Waals surface area contributed by atoms with E-state index >= 15 is 0 Å². The van der Waals surface area contributed by atoms with E-state index < -0.39 is 11.7 Å². The molecule has 148 valence electrons. The predicted octanol–water partition coefficient (Wildman–Crippen LogP) is 3.56. The molecule has 0 atom stereocenters. The molecule has 0 radical (unpaired) electrons. The second-order valence-electron chi connectivity index (χ2n) is 7.29. The standard InChI is InChI=1S/C19H22ClN5O3/c1-19(2,3)28-18(27)22-6-7-25-9-12(11-4-5-13(20)14(26)8-11)15-16(21)23-10-24-17(15)25/h4-5,8-10,26H,6-7H2,1-3H3,(H,22,27)(H2,21,23,24). The third-order valence-corrected chi connectivity index (χ3v) is 4.28. The Hall–Kier alpha value is -3.00. The van der Waals surface area contributed by atoms with Gasteiger partial charge in [-0.3, -0.25) is 0 Å². The Labute approximate surface area is 167 Å². The van der Waals surface area contributed by atoms with E-state index in [0.29, 0.717) is 29.9 Å². The molecule has 8 nitrogen and oxygen atoms in total. The van der Waals surface area contributed by atoms with Crippen molar-refractivity contribution in [2.75, 3.05) is 12.3 Å². The molecule has 0 saturated heterocycles. The zero-order valence-electron chi connectivity index (χ0n) is 15.9. The lowest BCUT2D eigenvalue weighted by Gasteiger charge is -2.19. The Morgan fingerprint density at radius 3 is 2.79 bits per heavy atom. The number of amides is 1. The fourth-order valence-corrected chi connectivity index (χ4v) is 2.93. The van der Waals surface area contributed by atoms with Crippen molar-refractivity contribution >= 4 is 34.5 Å². The Kier molecular flexibility index (Phi) is 5.33. The topological polar surface area (TPSA) is 115 Å². The van der Waals surface area contributed by atoms with Crippen LogP contribution in [0.3, 0.4) is 0 Å². The molecule has 3 rings (SSSR count). The first kappa shape index (κ1) is 19.8. The number of halogens is 1. The van der Waals surface area contributed by atoms with Gasteiger partial charge in [0.15, 0.2) is 0 Å². The number of anilines is 1. The fourth-order valence-electron chi connectivity index (χ4n) is 2.81. The minimum Gasteiger partial charge on any atom is -0.506 e. The van der Waals surface area contributed by atoms with Crippen molar-refractivity contribution in [2.24, 2.45) is 0 Å². The summed E-state index contributed by atoms with van der Waals surface area (Å²) in [6.45, 7) is 6.21. The Bertz CT molecular complexity index is 1030. The maximum atomic E-state index is 11.8. The average molecular weight is 404 g/mol. The summed E-state index contributed by atoms with van der Waals surface area (Å²) in [4.78, 5) is 20.2. The number of nitrogen functional groups attached to an aromatic ring is 1. The summed E-state index contributed by atoms with van der Waals surface area (Å²) >= 11 is 5.91. The molecule has 0 spiro atoms. The molecule has 1 amide bonds. The summed E-state index contributed by atoms with van der Waals surface area (Å²) < 4.78 is 7.10. The number of aromatic nitrogens is 3. The highest BCUT2D eigenvalue weighted by Gasteiger charge is 2.18. The van der Waals surface area contributed by atoms with Crippen LogP contribution in [-0.4, -0.2) is 37.9 Å². The smallest absolute Gasteiger partial charge is 0.407 e. The van der Waals surface area contributed by atoms with E-state index in [9.17, 15) is 9.90 Å². The Morgan fingerprint density at radius 2 is 2.11 bits per heavy atom. The molecular weight excluding hydrogens is 382 g/mol. The number of carbonyl (C=O) groups is 1. The van der Waals surface area contributed by atoms with Crippen molar-refractivity contribution in [3.05, 3.63) is 35.7 Å². The highest BCUT2D eigenvalue weighted by Crippen LogP contribution is 2.36. The van der Waals surface area contributed by atoms with Crippen molar-refractivity contribution < 1.29 is 14.6 Å². The minimum atomic E-state index is -0.560. The van der Waals surface area contributed by atoms with E-state index in [4.69, 9.17) is 22.1 Å². The van der Waals surface area contributed by atoms with Crippen molar-refractivity contribution in [2.45, 2.75) is 32.9 Å². The molecule has 9 heteroatoms. The number of aromatic hydroxyl groups is 1. The maximum Gasteiger partial charge on any atom is 0.407 e. The highest BCUT2D eigenvalue weighted by atomic mass is 35.5. The number of ether oxygens (including phenoxy) is 1. The number of phenolic OH excluding ortho intramolecular Hbond substituents is 1. The van der Waals surface area contributed by atoms with Gasteiger partial charge in [-0.1, -0.05) is 17.7 Å². The van der Waals surface area contributed by atoms with Gasteiger partial charge in [0, 0.05) is 24.8 Å². The summed E-state index contributed by atoms with van der Waals surface area (Å²) in [7, 11) is 0. The molecule has 3 aromatic rings. The molecule has 0 aliphatic carbocycles. The van der Waals surface area contributed by atoms with E-state index in [-0.39, 0.29) is 10.8 Å². The predicted molar refractivity (Wildman–Crippen MR) is 108 cm³/mol. The van der Waals surface area contributed by atoms with Gasteiger partial charge in [0.2, 0.25) is 0 Å². The summed E-state index contributed by atoms with van der Waals surface area (Å²) in [5.74, 6) is 0.301. The molecule has 1 aromatic carbocycles. The molecule has 0 aliphatic heterocycles. The number of nitrogens with two attached hydrogens (primary N) is 1. The lowest BCUT2D eigenvalue weighted by Crippen LogP contribution is -2.34. The number of nitrogens with zero attached hydrogens (tertiary/aromatic N) is 3. The van der Waals surface area contributed by atoms with Crippen LogP contribution in [0, 0.1) is 0 Å². The van der Waals surface area contributed by atoms with E-state index in [2.05, 4.69) is 15.3 Å². The number of fused-ring (bicyclic) bond motifs is 1. The fraction of sp³-hybridized carbons (Fsp3) is 0.316. The largest absolute Gasteiger partial charge is 0.506 e. The molecule has 28 heavy (non-hydrogen) atoms. The molecule has 0 aliphatic rings. The van der Waals surface area contributed by atoms with Gasteiger partial charge in [-0.05, 0) is 38.5 Å². The van der Waals surface area contributed by atoms with E-state index in [0.717, 1.165) is 11.1 Å². The van der Waals surface area contributed by atoms with Crippen molar-refractivity contribution in [3.63, 3.8) is 0 Å². The highest BCUT2D eigenvalue weighted by molar-refractivity contribution is 6.32. The zero-order chi connectivity index (χ0) is 20.5. The molecule has 0 saturated carbocycles. The minimum absolute atomic E-state index is 0.0259. The van der Waals surface area contributed by atoms with Crippen LogP contribution in [0.1, 0.15) is 20.8 Å². The molecule has 0 unspecified atom stereocenters. The number of hydrogen-bond donors (Lipinski definition) is 3. The monoisotopic (exact) mass is 403 g/mol. The second kappa shape index (κ2) is 7.55. The maximum absolute atomic E-state index is 11.8. The van der Waals surface area contributed by atoms with E-state index in [1.165, 1.54) is 6.33 Å². The van der Waals surface area contributed by atoms with E-state index in [1.807, 2.05) is 10.8 Å². The van der Waals surface area contributed by atoms with Gasteiger partial charge in [-0.15, -0.1) is 0 Å². The summed E-state index contributed by atoms with van der Waals surface area (Å²) in [6.07, 6.45) is 2.76. The first-order valence-corrected chi connectivity index (χ1v) is 9.08. The summed E-state index contributed by atoms with van der Waals surface area (Å²) in [5.41, 5.74) is 7.64. The average Bonchev–Trinajstić information content (AvgIpc) is 2.96. The number of alkyl carbamates (subject to hydrolysis) is 1. The third-order valence-electron chi connectivity index (χ3n) is 3.96. The summed E-state index contributed by atoms with van der Waals surface area (Å²) in [6, 6.07) is 4.96. The van der Waals surface area contributed by atoms with Gasteiger partial charge < -0.3 is 25.5 Å². The van der Waals surface area contributed by atoms with Crippen molar-refractivity contribution in [1.29, 1.82) is 0 Å². The first-order valence-electron chi connectivity index (χ1n) is 8.71. The second-order valence-corrected chi connectivity index (χ2v) is 7.70. The van der Waals surface area contributed by atoms with Crippen LogP contribution in [0.2, 0.25) is 5.02 Å². The molecule has 0 bridgehead atoms. The molecule has 4 N–H and O–H groups in total. The van der Waals surface area contributed by atoms with Gasteiger partial charge in [-0.2, -0.15) is 0 Å². The van der Waals surface area contributed by atoms with Crippen LogP contribution < -0.4 is 11.1 Å². The van der Waals surface area contributed by atoms with E-state index in [1.54, 1.807) is 39.0 Å². The number of nitrogens with one attached hydrogen (secondary N) is 1. The quantitative estimate of drug-likeness (QED) is 0.613. The number of hydrogen-bond acceptors (Lipinski definition) is 6. The zero-order valence-corrected chi connectivity index (χ0v) is 16.6. The van der Waals surface area contributed by atoms with Crippen LogP contribution >= 0.6 is 11.6 Å². The normalized spacial score (nSPS) is 11.6. The van der Waals surface area contributed by atoms with Gasteiger partial charge >= 0.3 is 6.09 Å². The number of benzene rings is 1.